The number of hydrogen-bond donors (Lipinski definition) is 2. The van der Waals surface area contributed by atoms with E-state index in [1.165, 1.54) is 110 Å². The van der Waals surface area contributed by atoms with Crippen LogP contribution in [-0.4, -0.2) is 0 Å². The molecule has 0 aromatic heterocycles. The van der Waals surface area contributed by atoms with Crippen molar-refractivity contribution >= 4 is 11.4 Å². The Kier molecular flexibility index (Phi) is 14.1. The van der Waals surface area contributed by atoms with Crippen LogP contribution in [0.2, 0.25) is 0 Å². The van der Waals surface area contributed by atoms with Crippen molar-refractivity contribution in [3.63, 3.8) is 0 Å². The molecule has 2 heteroatoms. The van der Waals surface area contributed by atoms with Crippen LogP contribution in [0.4, 0.5) is 11.4 Å². The lowest BCUT2D eigenvalue weighted by molar-refractivity contribution is 0.593. The average Bonchev–Trinajstić information content (AvgIpc) is 3.06. The molecule has 0 aliphatic rings. The summed E-state index contributed by atoms with van der Waals surface area (Å²) in [5.41, 5.74) is 22.2. The minimum Gasteiger partial charge on any atom is -0.399 e. The first-order valence-corrected chi connectivity index (χ1v) is 17.9. The van der Waals surface area contributed by atoms with E-state index in [1.54, 1.807) is 0 Å². The molecular weight excluding hydrogens is 544 g/mol. The van der Waals surface area contributed by atoms with E-state index < -0.39 is 0 Å². The van der Waals surface area contributed by atoms with Crippen LogP contribution in [0, 0.1) is 0 Å². The van der Waals surface area contributed by atoms with E-state index in [0.717, 1.165) is 17.8 Å². The Balaban J connectivity index is 1.49. The van der Waals surface area contributed by atoms with Gasteiger partial charge in [-0.15, -0.1) is 0 Å². The Hall–Kier alpha value is -3.52. The summed E-state index contributed by atoms with van der Waals surface area (Å²) in [5, 5.41) is 0. The van der Waals surface area contributed by atoms with Crippen molar-refractivity contribution in [2.24, 2.45) is 0 Å². The largest absolute Gasteiger partial charge is 0.399 e. The number of benzene rings is 4. The van der Waals surface area contributed by atoms with Crippen LogP contribution >= 0.6 is 0 Å². The molecule has 0 aliphatic carbocycles. The van der Waals surface area contributed by atoms with Crippen LogP contribution in [0.1, 0.15) is 149 Å². The van der Waals surface area contributed by atoms with Gasteiger partial charge in [0.05, 0.1) is 0 Å². The van der Waals surface area contributed by atoms with Gasteiger partial charge in [-0.05, 0) is 89.2 Å². The normalized spacial score (nSPS) is 13.4. The molecule has 2 nitrogen and oxygen atoms in total. The molecule has 0 bridgehead atoms. The lowest BCUT2D eigenvalue weighted by atomic mass is 9.83. The molecule has 0 fully saturated rings. The van der Waals surface area contributed by atoms with Gasteiger partial charge in [0.1, 0.15) is 0 Å². The van der Waals surface area contributed by atoms with E-state index >= 15 is 0 Å². The van der Waals surface area contributed by atoms with Crippen LogP contribution in [0.15, 0.2) is 97.1 Å². The molecule has 4 aromatic carbocycles. The van der Waals surface area contributed by atoms with Crippen molar-refractivity contribution in [1.29, 1.82) is 0 Å². The zero-order chi connectivity index (χ0) is 31.9. The summed E-state index contributed by atoms with van der Waals surface area (Å²) in [6.45, 7) is 6.88. The van der Waals surface area contributed by atoms with Crippen molar-refractivity contribution in [1.82, 2.24) is 0 Å². The number of rotatable bonds is 19. The maximum absolute atomic E-state index is 6.03. The summed E-state index contributed by atoms with van der Waals surface area (Å²) < 4.78 is 0. The third-order valence-electron chi connectivity index (χ3n) is 9.68. The smallest absolute Gasteiger partial charge is 0.0314 e. The summed E-state index contributed by atoms with van der Waals surface area (Å²) in [7, 11) is 0. The van der Waals surface area contributed by atoms with Gasteiger partial charge in [0, 0.05) is 23.2 Å². The van der Waals surface area contributed by atoms with Crippen molar-refractivity contribution in [3.8, 4) is 0 Å². The SMILES string of the molecule is CCCCCCC(c1ccc(N)cc1)c1ccc(CC(CCC)c2ccc(C(CCCCCC)c3ccc(N)cc3)cc2)cc1. The minimum atomic E-state index is 0.421. The maximum atomic E-state index is 6.03. The molecule has 0 spiro atoms. The second-order valence-electron chi connectivity index (χ2n) is 13.2. The first-order chi connectivity index (χ1) is 22.0. The number of nitrogens with two attached hydrogens (primary N) is 2. The predicted molar refractivity (Wildman–Crippen MR) is 197 cm³/mol. The van der Waals surface area contributed by atoms with E-state index in [-0.39, 0.29) is 0 Å². The fourth-order valence-corrected chi connectivity index (χ4v) is 6.96. The van der Waals surface area contributed by atoms with Crippen LogP contribution in [0.5, 0.6) is 0 Å². The third-order valence-corrected chi connectivity index (χ3v) is 9.68. The Labute approximate surface area is 274 Å². The molecule has 3 atom stereocenters. The molecule has 0 saturated carbocycles. The first kappa shape index (κ1) is 34.4. The molecule has 45 heavy (non-hydrogen) atoms. The lowest BCUT2D eigenvalue weighted by Gasteiger charge is -2.22. The first-order valence-electron chi connectivity index (χ1n) is 17.9. The molecule has 0 amide bonds. The van der Waals surface area contributed by atoms with Gasteiger partial charge in [-0.1, -0.05) is 151 Å². The molecular formula is C43H58N2. The summed E-state index contributed by atoms with van der Waals surface area (Å²) in [6.07, 6.45) is 16.1. The van der Waals surface area contributed by atoms with Gasteiger partial charge in [-0.2, -0.15) is 0 Å². The van der Waals surface area contributed by atoms with E-state index in [9.17, 15) is 0 Å². The van der Waals surface area contributed by atoms with Gasteiger partial charge in [0.2, 0.25) is 0 Å². The maximum Gasteiger partial charge on any atom is 0.0314 e. The van der Waals surface area contributed by atoms with E-state index in [4.69, 9.17) is 11.5 Å². The Morgan fingerprint density at radius 2 is 0.778 bits per heavy atom. The number of unbranched alkanes of at least 4 members (excludes halogenated alkanes) is 6. The van der Waals surface area contributed by atoms with Crippen molar-refractivity contribution in [2.45, 2.75) is 122 Å². The molecule has 3 unspecified atom stereocenters. The highest BCUT2D eigenvalue weighted by molar-refractivity contribution is 5.44. The lowest BCUT2D eigenvalue weighted by Crippen LogP contribution is -2.06. The molecule has 0 heterocycles. The van der Waals surface area contributed by atoms with Crippen molar-refractivity contribution in [2.75, 3.05) is 11.5 Å². The second-order valence-corrected chi connectivity index (χ2v) is 13.2. The number of hydrogen-bond acceptors (Lipinski definition) is 2. The van der Waals surface area contributed by atoms with Crippen molar-refractivity contribution < 1.29 is 0 Å². The zero-order valence-electron chi connectivity index (χ0n) is 28.3. The van der Waals surface area contributed by atoms with E-state index in [1.807, 2.05) is 12.1 Å². The molecule has 0 saturated heterocycles. The van der Waals surface area contributed by atoms with Gasteiger partial charge in [-0.3, -0.25) is 0 Å². The Morgan fingerprint density at radius 1 is 0.400 bits per heavy atom. The molecule has 4 N–H and O–H groups in total. The fourth-order valence-electron chi connectivity index (χ4n) is 6.96. The average molecular weight is 603 g/mol. The highest BCUT2D eigenvalue weighted by atomic mass is 14.5. The Morgan fingerprint density at radius 3 is 1.18 bits per heavy atom. The fraction of sp³-hybridized carbons (Fsp3) is 0.442. The number of nitrogen functional groups attached to an aromatic ring is 2. The third kappa shape index (κ3) is 10.5. The van der Waals surface area contributed by atoms with Crippen LogP contribution < -0.4 is 11.5 Å². The summed E-state index contributed by atoms with van der Waals surface area (Å²) in [5.74, 6) is 1.37. The van der Waals surface area contributed by atoms with E-state index in [2.05, 4.69) is 106 Å². The summed E-state index contributed by atoms with van der Waals surface area (Å²) in [6, 6.07) is 36.3. The Bertz CT molecular complexity index is 1350. The van der Waals surface area contributed by atoms with Crippen LogP contribution in [-0.2, 0) is 6.42 Å². The standard InChI is InChI=1S/C43H58N2/c1-4-7-9-11-14-42(37-24-28-40(44)29-25-37)35-18-16-33(17-19-35)32-39(13-6-3)34-20-22-36(23-21-34)43(15-12-10-8-5-2)38-26-30-41(45)31-27-38/h16-31,39,42-43H,4-15,32,44-45H2,1-3H3. The second kappa shape index (κ2) is 18.4. The molecule has 0 aliphatic heterocycles. The minimum absolute atomic E-state index is 0.421. The van der Waals surface area contributed by atoms with Gasteiger partial charge >= 0.3 is 0 Å². The molecule has 240 valence electrons. The van der Waals surface area contributed by atoms with Crippen molar-refractivity contribution in [3.05, 3.63) is 130 Å². The van der Waals surface area contributed by atoms with Gasteiger partial charge in [0.25, 0.3) is 0 Å². The predicted octanol–water partition coefficient (Wildman–Crippen LogP) is 12.2. The molecule has 4 rings (SSSR count). The summed E-state index contributed by atoms with van der Waals surface area (Å²) in [4.78, 5) is 0. The van der Waals surface area contributed by atoms with Crippen LogP contribution in [0.3, 0.4) is 0 Å². The zero-order valence-corrected chi connectivity index (χ0v) is 28.3. The highest BCUT2D eigenvalue weighted by Gasteiger charge is 2.18. The monoisotopic (exact) mass is 602 g/mol. The van der Waals surface area contributed by atoms with E-state index in [0.29, 0.717) is 17.8 Å². The van der Waals surface area contributed by atoms with Gasteiger partial charge < -0.3 is 11.5 Å². The van der Waals surface area contributed by atoms with Gasteiger partial charge in [0.15, 0.2) is 0 Å². The molecule has 4 aromatic rings. The summed E-state index contributed by atoms with van der Waals surface area (Å²) >= 11 is 0. The van der Waals surface area contributed by atoms with Crippen LogP contribution in [0.25, 0.3) is 0 Å². The highest BCUT2D eigenvalue weighted by Crippen LogP contribution is 2.35. The quantitative estimate of drug-likeness (QED) is 0.0828. The topological polar surface area (TPSA) is 52.0 Å². The number of anilines is 2. The molecule has 0 radical (unpaired) electrons. The van der Waals surface area contributed by atoms with Gasteiger partial charge in [-0.25, -0.2) is 0 Å².